The number of benzene rings is 1. The average molecular weight is 461 g/mol. The third-order valence-electron chi connectivity index (χ3n) is 7.38. The van der Waals surface area contributed by atoms with Crippen molar-refractivity contribution in [2.24, 2.45) is 16.7 Å². The molecule has 0 saturated carbocycles. The molecule has 6 nitrogen and oxygen atoms in total. The number of hydrogen-bond acceptors (Lipinski definition) is 4. The van der Waals surface area contributed by atoms with Crippen LogP contribution in [0.2, 0.25) is 0 Å². The highest BCUT2D eigenvalue weighted by molar-refractivity contribution is 5.83. The van der Waals surface area contributed by atoms with Gasteiger partial charge in [-0.1, -0.05) is 63.7 Å². The van der Waals surface area contributed by atoms with Crippen LogP contribution >= 0.6 is 0 Å². The average Bonchev–Trinajstić information content (AvgIpc) is 2.80. The highest BCUT2D eigenvalue weighted by Crippen LogP contribution is 2.54. The van der Waals surface area contributed by atoms with Gasteiger partial charge in [0.15, 0.2) is 11.5 Å². The molecule has 2 N–H and O–H groups in total. The molecule has 0 amide bonds. The minimum Gasteiger partial charge on any atom is -0.493 e. The first-order chi connectivity index (χ1) is 15.7. The van der Waals surface area contributed by atoms with Gasteiger partial charge in [-0.3, -0.25) is 9.59 Å². The summed E-state index contributed by atoms with van der Waals surface area (Å²) in [5.41, 5.74) is -0.580. The van der Waals surface area contributed by atoms with Gasteiger partial charge in [-0.25, -0.2) is 0 Å². The van der Waals surface area contributed by atoms with Crippen molar-refractivity contribution in [3.63, 3.8) is 0 Å². The monoisotopic (exact) mass is 460 g/mol. The van der Waals surface area contributed by atoms with Crippen LogP contribution in [-0.2, 0) is 16.0 Å². The smallest absolute Gasteiger partial charge is 0.314 e. The molecular weight excluding hydrogens is 420 g/mol. The van der Waals surface area contributed by atoms with Crippen LogP contribution in [0.3, 0.4) is 0 Å². The first kappa shape index (κ1) is 26.7. The molecule has 0 fully saturated rings. The van der Waals surface area contributed by atoms with Gasteiger partial charge in [0.05, 0.1) is 25.0 Å². The van der Waals surface area contributed by atoms with Crippen LogP contribution < -0.4 is 9.47 Å². The lowest BCUT2D eigenvalue weighted by atomic mass is 9.55. The second-order valence-corrected chi connectivity index (χ2v) is 9.57. The van der Waals surface area contributed by atoms with E-state index in [1.165, 1.54) is 0 Å². The zero-order chi connectivity index (χ0) is 24.6. The van der Waals surface area contributed by atoms with E-state index in [9.17, 15) is 19.8 Å². The molecule has 3 unspecified atom stereocenters. The first-order valence-electron chi connectivity index (χ1n) is 12.1. The van der Waals surface area contributed by atoms with Gasteiger partial charge in [0, 0.05) is 0 Å². The number of carbonyl (C=O) groups is 2. The van der Waals surface area contributed by atoms with Crippen LogP contribution in [0.5, 0.6) is 11.5 Å². The van der Waals surface area contributed by atoms with Gasteiger partial charge in [0.1, 0.15) is 0 Å². The van der Waals surface area contributed by atoms with Crippen LogP contribution in [0, 0.1) is 16.7 Å². The molecule has 0 saturated heterocycles. The number of hydrogen-bond donors (Lipinski definition) is 2. The lowest BCUT2D eigenvalue weighted by molar-refractivity contribution is -0.159. The Balaban J connectivity index is 2.52. The zero-order valence-electron chi connectivity index (χ0n) is 20.8. The van der Waals surface area contributed by atoms with Crippen molar-refractivity contribution in [3.05, 3.63) is 35.4 Å². The van der Waals surface area contributed by atoms with E-state index in [0.717, 1.165) is 43.2 Å². The minimum absolute atomic E-state index is 0.107. The lowest BCUT2D eigenvalue weighted by Gasteiger charge is -2.46. The molecule has 1 aliphatic carbocycles. The highest BCUT2D eigenvalue weighted by Gasteiger charge is 2.55. The summed E-state index contributed by atoms with van der Waals surface area (Å²) < 4.78 is 10.8. The Bertz CT molecular complexity index is 860. The van der Waals surface area contributed by atoms with Gasteiger partial charge < -0.3 is 19.7 Å². The van der Waals surface area contributed by atoms with Gasteiger partial charge in [0.25, 0.3) is 0 Å². The van der Waals surface area contributed by atoms with Gasteiger partial charge in [-0.15, -0.1) is 0 Å². The SMILES string of the molecule is CCCCCCC(CC)C1(C(=O)O)CC(C)(C(=O)O)CC=C1Cc1ccc(OC)c(OC)c1. The van der Waals surface area contributed by atoms with E-state index in [1.54, 1.807) is 21.1 Å². The molecule has 2 rings (SSSR count). The summed E-state index contributed by atoms with van der Waals surface area (Å²) in [5, 5.41) is 20.6. The van der Waals surface area contributed by atoms with Crippen molar-refractivity contribution in [1.29, 1.82) is 0 Å². The molecule has 3 atom stereocenters. The predicted molar refractivity (Wildman–Crippen MR) is 129 cm³/mol. The molecular formula is C27H40O6. The minimum atomic E-state index is -1.21. The van der Waals surface area contributed by atoms with Crippen LogP contribution in [0.1, 0.15) is 77.7 Å². The van der Waals surface area contributed by atoms with Crippen LogP contribution in [0.25, 0.3) is 0 Å². The van der Waals surface area contributed by atoms with Gasteiger partial charge >= 0.3 is 11.9 Å². The number of methoxy groups -OCH3 is 2. The zero-order valence-corrected chi connectivity index (χ0v) is 20.8. The molecule has 1 aromatic carbocycles. The summed E-state index contributed by atoms with van der Waals surface area (Å²) >= 11 is 0. The summed E-state index contributed by atoms with van der Waals surface area (Å²) in [4.78, 5) is 25.2. The largest absolute Gasteiger partial charge is 0.493 e. The fraction of sp³-hybridized carbons (Fsp3) is 0.630. The normalized spacial score (nSPS) is 23.5. The quantitative estimate of drug-likeness (QED) is 0.272. The van der Waals surface area contributed by atoms with E-state index in [-0.39, 0.29) is 12.3 Å². The summed E-state index contributed by atoms with van der Waals surface area (Å²) in [7, 11) is 3.15. The second kappa shape index (κ2) is 11.6. The standard InChI is InChI=1S/C27H40O6/c1-6-8-9-10-11-20(7-2)27(25(30)31)18-26(3,24(28)29)15-14-21(27)16-19-12-13-22(32-4)23(17-19)33-5/h12-14,17,20H,6-11,15-16,18H2,1-5H3,(H,28,29)(H,30,31). The highest BCUT2D eigenvalue weighted by atomic mass is 16.5. The van der Waals surface area contributed by atoms with Crippen molar-refractivity contribution >= 4 is 11.9 Å². The molecule has 6 heteroatoms. The van der Waals surface area contributed by atoms with Gasteiger partial charge in [0.2, 0.25) is 0 Å². The van der Waals surface area contributed by atoms with Crippen molar-refractivity contribution < 1.29 is 29.3 Å². The van der Waals surface area contributed by atoms with Crippen LogP contribution in [-0.4, -0.2) is 36.4 Å². The Labute approximate surface area is 198 Å². The number of carboxylic acids is 2. The van der Waals surface area contributed by atoms with Gasteiger partial charge in [-0.05, 0) is 56.2 Å². The maximum atomic E-state index is 13.0. The fourth-order valence-corrected chi connectivity index (χ4v) is 5.35. The van der Waals surface area contributed by atoms with E-state index in [0.29, 0.717) is 30.8 Å². The second-order valence-electron chi connectivity index (χ2n) is 9.57. The van der Waals surface area contributed by atoms with Crippen molar-refractivity contribution in [2.75, 3.05) is 14.2 Å². The topological polar surface area (TPSA) is 93.1 Å². The number of allylic oxidation sites excluding steroid dienone is 1. The Hall–Kier alpha value is -2.50. The van der Waals surface area contributed by atoms with E-state index in [4.69, 9.17) is 9.47 Å². The van der Waals surface area contributed by atoms with E-state index in [1.807, 2.05) is 31.2 Å². The Morgan fingerprint density at radius 3 is 2.27 bits per heavy atom. The molecule has 0 heterocycles. The van der Waals surface area contributed by atoms with Crippen molar-refractivity contribution in [2.45, 2.75) is 78.6 Å². The molecule has 0 bridgehead atoms. The summed E-state index contributed by atoms with van der Waals surface area (Å²) in [6, 6.07) is 5.62. The van der Waals surface area contributed by atoms with Crippen molar-refractivity contribution in [1.82, 2.24) is 0 Å². The molecule has 1 aliphatic rings. The molecule has 0 aromatic heterocycles. The number of rotatable bonds is 13. The summed E-state index contributed by atoms with van der Waals surface area (Å²) in [5.74, 6) is -0.769. The van der Waals surface area contributed by atoms with E-state index < -0.39 is 22.8 Å². The number of carboxylic acid groups (broad SMARTS) is 2. The third-order valence-corrected chi connectivity index (χ3v) is 7.38. The maximum Gasteiger partial charge on any atom is 0.314 e. The number of unbranched alkanes of at least 4 members (excludes halogenated alkanes) is 3. The fourth-order valence-electron chi connectivity index (χ4n) is 5.35. The number of aliphatic carboxylic acids is 2. The molecule has 0 radical (unpaired) electrons. The Morgan fingerprint density at radius 2 is 1.73 bits per heavy atom. The van der Waals surface area contributed by atoms with Gasteiger partial charge in [-0.2, -0.15) is 0 Å². The summed E-state index contributed by atoms with van der Waals surface area (Å²) in [6.45, 7) is 5.86. The van der Waals surface area contributed by atoms with Crippen molar-refractivity contribution in [3.8, 4) is 11.5 Å². The third kappa shape index (κ3) is 5.71. The number of ether oxygens (including phenoxy) is 2. The summed E-state index contributed by atoms with van der Waals surface area (Å²) in [6.07, 6.45) is 8.48. The maximum absolute atomic E-state index is 13.0. The predicted octanol–water partition coefficient (Wildman–Crippen LogP) is 6.13. The lowest BCUT2D eigenvalue weighted by Crippen LogP contribution is -2.49. The van der Waals surface area contributed by atoms with Crippen LogP contribution in [0.4, 0.5) is 0 Å². The molecule has 1 aromatic rings. The molecule has 184 valence electrons. The Kier molecular flexibility index (Phi) is 9.38. The van der Waals surface area contributed by atoms with E-state index in [2.05, 4.69) is 6.92 Å². The Morgan fingerprint density at radius 1 is 1.03 bits per heavy atom. The molecule has 0 spiro atoms. The molecule has 33 heavy (non-hydrogen) atoms. The first-order valence-corrected chi connectivity index (χ1v) is 12.1. The van der Waals surface area contributed by atoms with E-state index >= 15 is 0 Å². The molecule has 0 aliphatic heterocycles. The van der Waals surface area contributed by atoms with Crippen LogP contribution in [0.15, 0.2) is 29.8 Å².